The highest BCUT2D eigenvalue weighted by Gasteiger charge is 2.19. The van der Waals surface area contributed by atoms with Crippen LogP contribution in [0.15, 0.2) is 53.7 Å². The van der Waals surface area contributed by atoms with E-state index in [4.69, 9.17) is 5.73 Å². The van der Waals surface area contributed by atoms with Gasteiger partial charge in [-0.25, -0.2) is 4.98 Å². The number of aromatic nitrogens is 1. The second kappa shape index (κ2) is 9.19. The standard InChI is InChI=1S/C16H18N4O2S2/c1-2-13(23-24-14-5-3-4-10-18-14)16(22)20-19-15(21)11-6-8-12(17)9-7-11/h3-10,13H,2,17H2,1H3,(H,19,21)(H,20,22). The van der Waals surface area contributed by atoms with Gasteiger partial charge in [0.2, 0.25) is 0 Å². The van der Waals surface area contributed by atoms with Gasteiger partial charge in [-0.15, -0.1) is 0 Å². The highest BCUT2D eigenvalue weighted by molar-refractivity contribution is 8.77. The maximum Gasteiger partial charge on any atom is 0.269 e. The smallest absolute Gasteiger partial charge is 0.269 e. The molecule has 1 heterocycles. The molecule has 0 radical (unpaired) electrons. The summed E-state index contributed by atoms with van der Waals surface area (Å²) < 4.78 is 0. The van der Waals surface area contributed by atoms with Crippen molar-refractivity contribution in [2.45, 2.75) is 23.6 Å². The number of anilines is 1. The molecule has 0 aliphatic heterocycles. The van der Waals surface area contributed by atoms with Crippen molar-refractivity contribution in [2.75, 3.05) is 5.73 Å². The van der Waals surface area contributed by atoms with Crippen LogP contribution in [0.3, 0.4) is 0 Å². The Morgan fingerprint density at radius 2 is 1.92 bits per heavy atom. The van der Waals surface area contributed by atoms with Crippen LogP contribution in [0.25, 0.3) is 0 Å². The fourth-order valence-corrected chi connectivity index (χ4v) is 4.05. The fraction of sp³-hybridized carbons (Fsp3) is 0.188. The lowest BCUT2D eigenvalue weighted by atomic mass is 10.2. The monoisotopic (exact) mass is 362 g/mol. The van der Waals surface area contributed by atoms with E-state index in [1.54, 1.807) is 30.5 Å². The summed E-state index contributed by atoms with van der Waals surface area (Å²) in [6.07, 6.45) is 2.34. The number of nitrogen functional groups attached to an aromatic ring is 1. The molecule has 6 nitrogen and oxygen atoms in total. The topological polar surface area (TPSA) is 97.1 Å². The molecular formula is C16H18N4O2S2. The van der Waals surface area contributed by atoms with E-state index in [0.717, 1.165) is 5.03 Å². The van der Waals surface area contributed by atoms with Crippen LogP contribution in [-0.2, 0) is 4.79 Å². The Morgan fingerprint density at radius 1 is 1.17 bits per heavy atom. The highest BCUT2D eigenvalue weighted by Crippen LogP contribution is 2.34. The first kappa shape index (κ1) is 18.2. The lowest BCUT2D eigenvalue weighted by molar-refractivity contribution is -0.121. The molecule has 0 bridgehead atoms. The average molecular weight is 362 g/mol. The highest BCUT2D eigenvalue weighted by atomic mass is 33.1. The van der Waals surface area contributed by atoms with E-state index < -0.39 is 0 Å². The molecule has 2 amide bonds. The molecule has 0 fully saturated rings. The minimum absolute atomic E-state index is 0.255. The number of nitrogens with zero attached hydrogens (tertiary/aromatic N) is 1. The molecule has 1 aromatic carbocycles. The number of nitrogens with one attached hydrogen (secondary N) is 2. The van der Waals surface area contributed by atoms with Crippen LogP contribution in [0, 0.1) is 0 Å². The van der Waals surface area contributed by atoms with E-state index in [2.05, 4.69) is 15.8 Å². The number of amides is 2. The summed E-state index contributed by atoms with van der Waals surface area (Å²) in [6.45, 7) is 1.91. The Kier molecular flexibility index (Phi) is 6.95. The van der Waals surface area contributed by atoms with Crippen molar-refractivity contribution in [2.24, 2.45) is 0 Å². The van der Waals surface area contributed by atoms with E-state index in [9.17, 15) is 9.59 Å². The van der Waals surface area contributed by atoms with Gasteiger partial charge in [0.05, 0.1) is 5.25 Å². The molecule has 1 aromatic heterocycles. The number of hydrogen-bond acceptors (Lipinski definition) is 6. The van der Waals surface area contributed by atoms with Crippen LogP contribution in [0.5, 0.6) is 0 Å². The van der Waals surface area contributed by atoms with Crippen molar-refractivity contribution in [1.29, 1.82) is 0 Å². The van der Waals surface area contributed by atoms with Gasteiger partial charge in [-0.2, -0.15) is 0 Å². The predicted octanol–water partition coefficient (Wildman–Crippen LogP) is 2.64. The quantitative estimate of drug-likeness (QED) is 0.415. The summed E-state index contributed by atoms with van der Waals surface area (Å²) in [7, 11) is 2.84. The van der Waals surface area contributed by atoms with Crippen LogP contribution in [0.1, 0.15) is 23.7 Å². The number of rotatable bonds is 6. The normalized spacial score (nSPS) is 11.5. The summed E-state index contributed by atoms with van der Waals surface area (Å²) in [5, 5.41) is 0.531. The Labute approximate surface area is 148 Å². The lowest BCUT2D eigenvalue weighted by Gasteiger charge is -2.14. The second-order valence-corrected chi connectivity index (χ2v) is 7.23. The van der Waals surface area contributed by atoms with Gasteiger partial charge in [0, 0.05) is 17.4 Å². The molecule has 1 unspecified atom stereocenters. The third-order valence-electron chi connectivity index (χ3n) is 3.02. The van der Waals surface area contributed by atoms with Gasteiger partial charge in [0.25, 0.3) is 11.8 Å². The van der Waals surface area contributed by atoms with Crippen molar-refractivity contribution in [3.8, 4) is 0 Å². The molecule has 1 atom stereocenters. The maximum absolute atomic E-state index is 12.2. The summed E-state index contributed by atoms with van der Waals surface area (Å²) in [5.74, 6) is -0.643. The van der Waals surface area contributed by atoms with Gasteiger partial charge in [-0.1, -0.05) is 23.8 Å². The zero-order chi connectivity index (χ0) is 17.4. The molecule has 24 heavy (non-hydrogen) atoms. The van der Waals surface area contributed by atoms with E-state index >= 15 is 0 Å². The number of carbonyl (C=O) groups excluding carboxylic acids is 2. The molecule has 0 aliphatic rings. The molecule has 0 saturated carbocycles. The molecule has 0 aliphatic carbocycles. The SMILES string of the molecule is CCC(SSc1ccccn1)C(=O)NNC(=O)c1ccc(N)cc1. The molecular weight excluding hydrogens is 344 g/mol. The van der Waals surface area contributed by atoms with Gasteiger partial charge in [0.1, 0.15) is 5.03 Å². The van der Waals surface area contributed by atoms with E-state index in [1.807, 2.05) is 25.1 Å². The van der Waals surface area contributed by atoms with Crippen LogP contribution < -0.4 is 16.6 Å². The molecule has 2 aromatic rings. The Bertz CT molecular complexity index is 680. The summed E-state index contributed by atoms with van der Waals surface area (Å²) >= 11 is 0. The molecule has 0 saturated heterocycles. The van der Waals surface area contributed by atoms with Gasteiger partial charge in [0.15, 0.2) is 0 Å². The van der Waals surface area contributed by atoms with Crippen molar-refractivity contribution < 1.29 is 9.59 Å². The van der Waals surface area contributed by atoms with Crippen LogP contribution in [0.2, 0.25) is 0 Å². The number of carbonyl (C=O) groups is 2. The van der Waals surface area contributed by atoms with Crippen molar-refractivity contribution in [3.05, 3.63) is 54.2 Å². The third kappa shape index (κ3) is 5.47. The maximum atomic E-state index is 12.2. The zero-order valence-corrected chi connectivity index (χ0v) is 14.7. The Morgan fingerprint density at radius 3 is 2.54 bits per heavy atom. The fourth-order valence-electron chi connectivity index (χ4n) is 1.71. The summed E-state index contributed by atoms with van der Waals surface area (Å²) in [5.41, 5.74) is 11.4. The van der Waals surface area contributed by atoms with Gasteiger partial charge in [-0.3, -0.25) is 20.4 Å². The number of nitrogens with two attached hydrogens (primary N) is 1. The van der Waals surface area contributed by atoms with Gasteiger partial charge >= 0.3 is 0 Å². The largest absolute Gasteiger partial charge is 0.399 e. The minimum Gasteiger partial charge on any atom is -0.399 e. The number of benzene rings is 1. The summed E-state index contributed by atoms with van der Waals surface area (Å²) in [6, 6.07) is 12.1. The van der Waals surface area contributed by atoms with E-state index in [1.165, 1.54) is 21.6 Å². The molecule has 8 heteroatoms. The van der Waals surface area contributed by atoms with Crippen molar-refractivity contribution >= 4 is 39.1 Å². The van der Waals surface area contributed by atoms with Crippen molar-refractivity contribution in [1.82, 2.24) is 15.8 Å². The van der Waals surface area contributed by atoms with Crippen molar-refractivity contribution in [3.63, 3.8) is 0 Å². The minimum atomic E-state index is -0.388. The summed E-state index contributed by atoms with van der Waals surface area (Å²) in [4.78, 5) is 28.3. The first-order valence-corrected chi connectivity index (χ1v) is 9.51. The van der Waals surface area contributed by atoms with Crippen LogP contribution >= 0.6 is 21.6 Å². The third-order valence-corrected chi connectivity index (χ3v) is 5.81. The van der Waals surface area contributed by atoms with Gasteiger partial charge in [-0.05, 0) is 53.6 Å². The number of hydrazine groups is 1. The second-order valence-electron chi connectivity index (χ2n) is 4.81. The lowest BCUT2D eigenvalue weighted by Crippen LogP contribution is -2.45. The first-order chi connectivity index (χ1) is 11.6. The molecule has 2 rings (SSSR count). The first-order valence-electron chi connectivity index (χ1n) is 7.30. The molecule has 0 spiro atoms. The predicted molar refractivity (Wildman–Crippen MR) is 98.2 cm³/mol. The van der Waals surface area contributed by atoms with Crippen LogP contribution in [0.4, 0.5) is 5.69 Å². The van der Waals surface area contributed by atoms with E-state index in [0.29, 0.717) is 17.7 Å². The molecule has 126 valence electrons. The average Bonchev–Trinajstić information content (AvgIpc) is 2.61. The van der Waals surface area contributed by atoms with Crippen LogP contribution in [-0.4, -0.2) is 22.0 Å². The Hall–Kier alpha value is -2.19. The zero-order valence-electron chi connectivity index (χ0n) is 13.1. The van der Waals surface area contributed by atoms with E-state index in [-0.39, 0.29) is 17.1 Å². The molecule has 4 N–H and O–H groups in total. The Balaban J connectivity index is 1.83. The van der Waals surface area contributed by atoms with Gasteiger partial charge < -0.3 is 5.73 Å². The number of pyridine rings is 1. The number of hydrogen-bond donors (Lipinski definition) is 3.